The summed E-state index contributed by atoms with van der Waals surface area (Å²) in [5, 5.41) is 2.88. The van der Waals surface area contributed by atoms with Crippen molar-refractivity contribution < 1.29 is 14.4 Å². The van der Waals surface area contributed by atoms with Crippen LogP contribution in [0.2, 0.25) is 0 Å². The minimum absolute atomic E-state index is 0.140. The Kier molecular flexibility index (Phi) is 3.07. The van der Waals surface area contributed by atoms with Gasteiger partial charge >= 0.3 is 0 Å². The Hall–Kier alpha value is -2.43. The highest BCUT2D eigenvalue weighted by molar-refractivity contribution is 6.09. The lowest BCUT2D eigenvalue weighted by Crippen LogP contribution is -2.40. The number of amides is 3. The molecule has 6 aliphatic rings. The van der Waals surface area contributed by atoms with Crippen molar-refractivity contribution in [3.8, 4) is 0 Å². The molecule has 0 aromatic heterocycles. The SMILES string of the molecule is O=C(CN1C(=O)[C@H]2[C@@H]3C=C[C@H]([C@H]4C[C@H]34)[C@@H]2C1=O)Nc1ccc2c(c1)CCC2. The minimum atomic E-state index is -0.293. The van der Waals surface area contributed by atoms with Crippen molar-refractivity contribution >= 4 is 23.4 Å². The van der Waals surface area contributed by atoms with Crippen molar-refractivity contribution in [2.75, 3.05) is 11.9 Å². The van der Waals surface area contributed by atoms with E-state index in [1.807, 2.05) is 12.1 Å². The second-order valence-electron chi connectivity index (χ2n) is 8.80. The van der Waals surface area contributed by atoms with Gasteiger partial charge in [-0.25, -0.2) is 0 Å². The second-order valence-corrected chi connectivity index (χ2v) is 8.80. The third-order valence-electron chi connectivity index (χ3n) is 7.44. The molecule has 7 rings (SSSR count). The number of fused-ring (bicyclic) bond motifs is 1. The van der Waals surface area contributed by atoms with E-state index in [0.29, 0.717) is 11.8 Å². The van der Waals surface area contributed by atoms with Crippen LogP contribution in [0.5, 0.6) is 0 Å². The van der Waals surface area contributed by atoms with Gasteiger partial charge in [-0.2, -0.15) is 0 Å². The molecule has 3 amide bonds. The summed E-state index contributed by atoms with van der Waals surface area (Å²) in [5.41, 5.74) is 3.39. The molecule has 0 unspecified atom stereocenters. The summed E-state index contributed by atoms with van der Waals surface area (Å²) >= 11 is 0. The number of allylic oxidation sites excluding steroid dienone is 2. The predicted octanol–water partition coefficient (Wildman–Crippen LogP) is 2.17. The lowest BCUT2D eigenvalue weighted by molar-refractivity contribution is -0.142. The molecule has 5 heteroatoms. The standard InChI is InChI=1S/C22H22N2O3/c25-18(23-13-5-4-11-2-1-3-12(11)8-13)10-24-21(26)19-14-6-7-15(17-9-16(14)17)20(19)22(24)27/h4-8,14-17,19-20H,1-3,9-10H2,(H,23,25)/t14-,15-,16-,17-,19+,20+/m1/s1. The molecule has 1 aliphatic heterocycles. The number of hydrogen-bond acceptors (Lipinski definition) is 3. The van der Waals surface area contributed by atoms with E-state index in [1.165, 1.54) is 16.0 Å². The molecule has 1 aromatic rings. The first-order valence-electron chi connectivity index (χ1n) is 10.1. The number of nitrogens with zero attached hydrogens (tertiary/aromatic N) is 1. The van der Waals surface area contributed by atoms with E-state index in [9.17, 15) is 14.4 Å². The van der Waals surface area contributed by atoms with Gasteiger partial charge in [-0.05, 0) is 72.6 Å². The molecule has 1 saturated heterocycles. The number of benzene rings is 1. The number of carbonyl (C=O) groups excluding carboxylic acids is 3. The normalized spacial score (nSPS) is 37.3. The molecular formula is C22H22N2O3. The van der Waals surface area contributed by atoms with Crippen LogP contribution in [0.15, 0.2) is 30.4 Å². The Bertz CT molecular complexity index is 884. The molecule has 5 aliphatic carbocycles. The number of anilines is 1. The van der Waals surface area contributed by atoms with E-state index in [4.69, 9.17) is 0 Å². The van der Waals surface area contributed by atoms with Crippen LogP contribution in [-0.4, -0.2) is 29.2 Å². The monoisotopic (exact) mass is 362 g/mol. The first-order valence-corrected chi connectivity index (χ1v) is 10.1. The van der Waals surface area contributed by atoms with E-state index in [-0.39, 0.29) is 47.9 Å². The number of rotatable bonds is 3. The fraction of sp³-hybridized carbons (Fsp3) is 0.500. The molecule has 1 aromatic carbocycles. The quantitative estimate of drug-likeness (QED) is 0.662. The minimum Gasteiger partial charge on any atom is -0.325 e. The molecule has 0 radical (unpaired) electrons. The third kappa shape index (κ3) is 2.14. The molecule has 5 nitrogen and oxygen atoms in total. The van der Waals surface area contributed by atoms with Crippen molar-refractivity contribution in [3.63, 3.8) is 0 Å². The lowest BCUT2D eigenvalue weighted by atomic mass is 9.63. The van der Waals surface area contributed by atoms with Crippen molar-refractivity contribution in [2.45, 2.75) is 25.7 Å². The summed E-state index contributed by atoms with van der Waals surface area (Å²) in [6, 6.07) is 5.99. The zero-order chi connectivity index (χ0) is 18.3. The summed E-state index contributed by atoms with van der Waals surface area (Å²) in [6.07, 6.45) is 8.75. The first kappa shape index (κ1) is 15.6. The molecule has 3 fully saturated rings. The lowest BCUT2D eigenvalue weighted by Gasteiger charge is -2.37. The Balaban J connectivity index is 1.19. The van der Waals surface area contributed by atoms with Gasteiger partial charge in [-0.15, -0.1) is 0 Å². The van der Waals surface area contributed by atoms with Gasteiger partial charge in [0.05, 0.1) is 11.8 Å². The fourth-order valence-electron chi connectivity index (χ4n) is 6.17. The molecule has 6 atom stereocenters. The maximum atomic E-state index is 12.9. The van der Waals surface area contributed by atoms with Crippen LogP contribution < -0.4 is 5.32 Å². The van der Waals surface area contributed by atoms with Gasteiger partial charge in [0, 0.05) is 5.69 Å². The van der Waals surface area contributed by atoms with Crippen molar-refractivity contribution in [2.24, 2.45) is 35.5 Å². The van der Waals surface area contributed by atoms with Gasteiger partial charge in [0.25, 0.3) is 0 Å². The van der Waals surface area contributed by atoms with Crippen LogP contribution in [0.4, 0.5) is 5.69 Å². The van der Waals surface area contributed by atoms with E-state index in [0.717, 1.165) is 31.4 Å². The number of aryl methyl sites for hydroxylation is 2. The number of carbonyl (C=O) groups is 3. The van der Waals surface area contributed by atoms with Crippen molar-refractivity contribution in [1.82, 2.24) is 4.90 Å². The van der Waals surface area contributed by atoms with Gasteiger partial charge in [0.1, 0.15) is 6.54 Å². The van der Waals surface area contributed by atoms with Gasteiger partial charge in [-0.1, -0.05) is 18.2 Å². The Morgan fingerprint density at radius 2 is 1.67 bits per heavy atom. The number of hydrogen-bond donors (Lipinski definition) is 1. The smallest absolute Gasteiger partial charge is 0.244 e. The summed E-state index contributed by atoms with van der Waals surface area (Å²) in [7, 11) is 0. The van der Waals surface area contributed by atoms with E-state index >= 15 is 0 Å². The van der Waals surface area contributed by atoms with Crippen LogP contribution in [0.25, 0.3) is 0 Å². The fourth-order valence-corrected chi connectivity index (χ4v) is 6.17. The van der Waals surface area contributed by atoms with Crippen molar-refractivity contribution in [1.29, 1.82) is 0 Å². The van der Waals surface area contributed by atoms with E-state index in [1.54, 1.807) is 0 Å². The highest BCUT2D eigenvalue weighted by Crippen LogP contribution is 2.65. The summed E-state index contributed by atoms with van der Waals surface area (Å²) in [6.45, 7) is -0.170. The summed E-state index contributed by atoms with van der Waals surface area (Å²) < 4.78 is 0. The molecular weight excluding hydrogens is 340 g/mol. The Morgan fingerprint density at radius 1 is 1.00 bits per heavy atom. The highest BCUT2D eigenvalue weighted by Gasteiger charge is 2.67. The molecule has 1 heterocycles. The van der Waals surface area contributed by atoms with Gasteiger partial charge in [-0.3, -0.25) is 19.3 Å². The summed E-state index contributed by atoms with van der Waals surface area (Å²) in [4.78, 5) is 39.6. The maximum absolute atomic E-state index is 12.9. The number of nitrogens with one attached hydrogen (secondary N) is 1. The second kappa shape index (κ2) is 5.31. The van der Waals surface area contributed by atoms with E-state index in [2.05, 4.69) is 23.5 Å². The molecule has 1 N–H and O–H groups in total. The van der Waals surface area contributed by atoms with Crippen LogP contribution in [0, 0.1) is 35.5 Å². The number of imide groups is 1. The van der Waals surface area contributed by atoms with Crippen molar-refractivity contribution in [3.05, 3.63) is 41.5 Å². The maximum Gasteiger partial charge on any atom is 0.244 e. The van der Waals surface area contributed by atoms with Crippen LogP contribution >= 0.6 is 0 Å². The highest BCUT2D eigenvalue weighted by atomic mass is 16.2. The molecule has 2 bridgehead atoms. The summed E-state index contributed by atoms with van der Waals surface area (Å²) in [5.74, 6) is 0.526. The van der Waals surface area contributed by atoms with Crippen LogP contribution in [0.3, 0.4) is 0 Å². The molecule has 2 saturated carbocycles. The molecule has 27 heavy (non-hydrogen) atoms. The largest absolute Gasteiger partial charge is 0.325 e. The van der Waals surface area contributed by atoms with Gasteiger partial charge in [0.15, 0.2) is 0 Å². The average molecular weight is 362 g/mol. The zero-order valence-electron chi connectivity index (χ0n) is 15.1. The van der Waals surface area contributed by atoms with Crippen LogP contribution in [-0.2, 0) is 27.2 Å². The Labute approximate surface area is 157 Å². The number of likely N-dealkylation sites (tertiary alicyclic amines) is 1. The zero-order valence-corrected chi connectivity index (χ0v) is 15.1. The third-order valence-corrected chi connectivity index (χ3v) is 7.44. The molecule has 138 valence electrons. The topological polar surface area (TPSA) is 66.5 Å². The van der Waals surface area contributed by atoms with Gasteiger partial charge < -0.3 is 5.32 Å². The van der Waals surface area contributed by atoms with Crippen LogP contribution in [0.1, 0.15) is 24.0 Å². The molecule has 0 spiro atoms. The predicted molar refractivity (Wildman–Crippen MR) is 98.5 cm³/mol. The first-order chi connectivity index (χ1) is 13.1. The van der Waals surface area contributed by atoms with Gasteiger partial charge in [0.2, 0.25) is 17.7 Å². The Morgan fingerprint density at radius 3 is 2.37 bits per heavy atom. The average Bonchev–Trinajstić information content (AvgIpc) is 3.31. The van der Waals surface area contributed by atoms with E-state index < -0.39 is 0 Å².